The van der Waals surface area contributed by atoms with Crippen molar-refractivity contribution in [3.63, 3.8) is 0 Å². The van der Waals surface area contributed by atoms with Gasteiger partial charge in [-0.15, -0.1) is 10.2 Å². The van der Waals surface area contributed by atoms with Gasteiger partial charge in [0, 0.05) is 11.6 Å². The molecule has 1 aliphatic carbocycles. The van der Waals surface area contributed by atoms with Crippen molar-refractivity contribution >= 4 is 11.8 Å². The molecule has 0 atom stereocenters. The molecular weight excluding hydrogens is 370 g/mol. The second-order valence-electron chi connectivity index (χ2n) is 7.77. The second-order valence-corrected chi connectivity index (χ2v) is 8.71. The van der Waals surface area contributed by atoms with Crippen LogP contribution in [0, 0.1) is 6.92 Å². The Morgan fingerprint density at radius 3 is 2.57 bits per heavy atom. The molecule has 1 aliphatic rings. The predicted molar refractivity (Wildman–Crippen MR) is 110 cm³/mol. The van der Waals surface area contributed by atoms with Gasteiger partial charge in [-0.25, -0.2) is 0 Å². The van der Waals surface area contributed by atoms with E-state index in [4.69, 9.17) is 4.52 Å². The molecule has 6 nitrogen and oxygen atoms in total. The minimum atomic E-state index is 0.510. The third-order valence-electron chi connectivity index (χ3n) is 5.40. The van der Waals surface area contributed by atoms with Gasteiger partial charge in [0.25, 0.3) is 0 Å². The molecule has 28 heavy (non-hydrogen) atoms. The lowest BCUT2D eigenvalue weighted by atomic mass is 9.95. The first-order valence-corrected chi connectivity index (χ1v) is 11.1. The van der Waals surface area contributed by atoms with Crippen molar-refractivity contribution in [1.82, 2.24) is 24.9 Å². The molecule has 0 saturated heterocycles. The third kappa shape index (κ3) is 4.14. The zero-order chi connectivity index (χ0) is 19.5. The molecule has 0 N–H and O–H groups in total. The van der Waals surface area contributed by atoms with Crippen molar-refractivity contribution in [3.8, 4) is 11.4 Å². The van der Waals surface area contributed by atoms with Crippen molar-refractivity contribution in [2.24, 2.45) is 0 Å². The summed E-state index contributed by atoms with van der Waals surface area (Å²) in [5.74, 6) is 3.35. The Kier molecular flexibility index (Phi) is 5.80. The van der Waals surface area contributed by atoms with Gasteiger partial charge in [-0.3, -0.25) is 0 Å². The quantitative estimate of drug-likeness (QED) is 0.507. The Labute approximate surface area is 170 Å². The SMILES string of the molecule is Cc1nnc(SCc2nc(-c3ccc(C(C)C)cc3)no2)n1C1CCCCC1. The van der Waals surface area contributed by atoms with Crippen LogP contribution in [0.15, 0.2) is 33.9 Å². The summed E-state index contributed by atoms with van der Waals surface area (Å²) in [6, 6.07) is 8.88. The lowest BCUT2D eigenvalue weighted by Gasteiger charge is -2.24. The van der Waals surface area contributed by atoms with E-state index in [0.29, 0.717) is 29.4 Å². The Hall–Kier alpha value is -2.15. The van der Waals surface area contributed by atoms with E-state index in [-0.39, 0.29) is 0 Å². The molecule has 7 heteroatoms. The van der Waals surface area contributed by atoms with E-state index in [9.17, 15) is 0 Å². The monoisotopic (exact) mass is 397 g/mol. The maximum Gasteiger partial charge on any atom is 0.237 e. The van der Waals surface area contributed by atoms with Crippen LogP contribution in [0.25, 0.3) is 11.4 Å². The van der Waals surface area contributed by atoms with Crippen molar-refractivity contribution in [2.45, 2.75) is 75.7 Å². The van der Waals surface area contributed by atoms with Gasteiger partial charge in [-0.1, -0.05) is 74.3 Å². The number of benzene rings is 1. The van der Waals surface area contributed by atoms with Crippen molar-refractivity contribution in [2.75, 3.05) is 0 Å². The molecule has 148 valence electrons. The molecule has 0 radical (unpaired) electrons. The van der Waals surface area contributed by atoms with Crippen LogP contribution >= 0.6 is 11.8 Å². The maximum atomic E-state index is 5.47. The highest BCUT2D eigenvalue weighted by Crippen LogP contribution is 2.33. The largest absolute Gasteiger partial charge is 0.338 e. The summed E-state index contributed by atoms with van der Waals surface area (Å²) in [5, 5.41) is 13.8. The van der Waals surface area contributed by atoms with Crippen LogP contribution in [-0.4, -0.2) is 24.9 Å². The van der Waals surface area contributed by atoms with Gasteiger partial charge in [0.05, 0.1) is 5.75 Å². The number of nitrogens with zero attached hydrogens (tertiary/aromatic N) is 5. The Morgan fingerprint density at radius 2 is 1.86 bits per heavy atom. The lowest BCUT2D eigenvalue weighted by Crippen LogP contribution is -2.15. The summed E-state index contributed by atoms with van der Waals surface area (Å²) in [6.07, 6.45) is 6.33. The lowest BCUT2D eigenvalue weighted by molar-refractivity contribution is 0.331. The van der Waals surface area contributed by atoms with Crippen LogP contribution in [0.2, 0.25) is 0 Å². The molecule has 1 aromatic carbocycles. The Bertz CT molecular complexity index is 909. The van der Waals surface area contributed by atoms with Gasteiger partial charge >= 0.3 is 0 Å². The molecule has 1 fully saturated rings. The van der Waals surface area contributed by atoms with E-state index >= 15 is 0 Å². The summed E-state index contributed by atoms with van der Waals surface area (Å²) in [5.41, 5.74) is 2.28. The van der Waals surface area contributed by atoms with E-state index in [1.807, 2.05) is 6.92 Å². The van der Waals surface area contributed by atoms with Crippen molar-refractivity contribution in [3.05, 3.63) is 41.5 Å². The molecule has 0 bridgehead atoms. The molecule has 0 amide bonds. The summed E-state index contributed by atoms with van der Waals surface area (Å²) < 4.78 is 7.77. The number of aromatic nitrogens is 5. The first kappa shape index (κ1) is 19.2. The van der Waals surface area contributed by atoms with Gasteiger partial charge in [0.1, 0.15) is 5.82 Å². The van der Waals surface area contributed by atoms with Gasteiger partial charge in [0.15, 0.2) is 5.16 Å². The van der Waals surface area contributed by atoms with E-state index in [1.54, 1.807) is 11.8 Å². The third-order valence-corrected chi connectivity index (χ3v) is 6.33. The summed E-state index contributed by atoms with van der Waals surface area (Å²) in [7, 11) is 0. The Morgan fingerprint density at radius 1 is 1.11 bits per heavy atom. The zero-order valence-electron chi connectivity index (χ0n) is 16.8. The van der Waals surface area contributed by atoms with Crippen LogP contribution in [-0.2, 0) is 5.75 Å². The van der Waals surface area contributed by atoms with Gasteiger partial charge in [-0.2, -0.15) is 4.98 Å². The first-order chi connectivity index (χ1) is 13.6. The van der Waals surface area contributed by atoms with Crippen molar-refractivity contribution in [1.29, 1.82) is 0 Å². The average molecular weight is 398 g/mol. The fourth-order valence-electron chi connectivity index (χ4n) is 3.78. The molecule has 0 unspecified atom stereocenters. The highest BCUT2D eigenvalue weighted by molar-refractivity contribution is 7.98. The zero-order valence-corrected chi connectivity index (χ0v) is 17.6. The molecule has 1 saturated carbocycles. The summed E-state index contributed by atoms with van der Waals surface area (Å²) in [4.78, 5) is 4.56. The van der Waals surface area contributed by atoms with E-state index in [0.717, 1.165) is 16.5 Å². The van der Waals surface area contributed by atoms with Gasteiger partial charge in [-0.05, 0) is 31.2 Å². The van der Waals surface area contributed by atoms with Crippen LogP contribution < -0.4 is 0 Å². The minimum Gasteiger partial charge on any atom is -0.338 e. The van der Waals surface area contributed by atoms with E-state index in [2.05, 4.69) is 63.0 Å². The number of hydrogen-bond acceptors (Lipinski definition) is 6. The van der Waals surface area contributed by atoms with Crippen LogP contribution in [0.4, 0.5) is 0 Å². The Balaban J connectivity index is 1.44. The van der Waals surface area contributed by atoms with Crippen molar-refractivity contribution < 1.29 is 4.52 Å². The fraction of sp³-hybridized carbons (Fsp3) is 0.524. The number of thioether (sulfide) groups is 1. The minimum absolute atomic E-state index is 0.510. The van der Waals surface area contributed by atoms with Gasteiger partial charge in [0.2, 0.25) is 11.7 Å². The molecule has 4 rings (SSSR count). The number of aryl methyl sites for hydroxylation is 1. The van der Waals surface area contributed by atoms with Crippen LogP contribution in [0.5, 0.6) is 0 Å². The predicted octanol–water partition coefficient (Wildman–Crippen LogP) is 5.56. The molecule has 2 heterocycles. The standard InChI is InChI=1S/C21H27N5OS/c1-14(2)16-9-11-17(12-10-16)20-22-19(27-25-20)13-28-21-24-23-15(3)26(21)18-7-5-4-6-8-18/h9-12,14,18H,4-8,13H2,1-3H3. The van der Waals surface area contributed by atoms with Crippen LogP contribution in [0.1, 0.15) is 75.2 Å². The van der Waals surface area contributed by atoms with E-state index < -0.39 is 0 Å². The molecule has 2 aromatic heterocycles. The van der Waals surface area contributed by atoms with E-state index in [1.165, 1.54) is 37.7 Å². The topological polar surface area (TPSA) is 69.6 Å². The van der Waals surface area contributed by atoms with Gasteiger partial charge < -0.3 is 9.09 Å². The number of rotatable bonds is 6. The second kappa shape index (κ2) is 8.47. The highest BCUT2D eigenvalue weighted by atomic mass is 32.2. The molecular formula is C21H27N5OS. The molecule has 3 aromatic rings. The number of hydrogen-bond donors (Lipinski definition) is 0. The smallest absolute Gasteiger partial charge is 0.237 e. The maximum absolute atomic E-state index is 5.47. The van der Waals surface area contributed by atoms with Crippen LogP contribution in [0.3, 0.4) is 0 Å². The molecule has 0 spiro atoms. The molecule has 0 aliphatic heterocycles. The summed E-state index contributed by atoms with van der Waals surface area (Å²) in [6.45, 7) is 6.41. The normalized spacial score (nSPS) is 15.4. The summed E-state index contributed by atoms with van der Waals surface area (Å²) >= 11 is 1.62. The fourth-order valence-corrected chi connectivity index (χ4v) is 4.67. The average Bonchev–Trinajstić information content (AvgIpc) is 3.33. The first-order valence-electron chi connectivity index (χ1n) is 10.1. The highest BCUT2D eigenvalue weighted by Gasteiger charge is 2.22.